The average Bonchev–Trinajstić information content (AvgIpc) is 2.68. The van der Waals surface area contributed by atoms with E-state index in [1.54, 1.807) is 0 Å². The highest BCUT2D eigenvalue weighted by atomic mass is 19.1. The van der Waals surface area contributed by atoms with E-state index < -0.39 is 16.6 Å². The average molecular weight is 280 g/mol. The van der Waals surface area contributed by atoms with Crippen LogP contribution in [0.3, 0.4) is 0 Å². The normalized spacial score (nSPS) is 20.6. The molecule has 0 saturated heterocycles. The van der Waals surface area contributed by atoms with E-state index in [0.29, 0.717) is 0 Å². The van der Waals surface area contributed by atoms with Gasteiger partial charge in [0.1, 0.15) is 5.82 Å². The number of hydrogen-bond donors (Lipinski definition) is 1. The first-order valence-electron chi connectivity index (χ1n) is 6.53. The van der Waals surface area contributed by atoms with Crippen LogP contribution in [0.2, 0.25) is 0 Å². The first-order chi connectivity index (χ1) is 9.28. The Bertz CT molecular complexity index is 557. The van der Waals surface area contributed by atoms with Crippen LogP contribution < -0.4 is 5.32 Å². The number of nitrogens with zero attached hydrogens (tertiary/aromatic N) is 1. The molecule has 1 unspecified atom stereocenters. The van der Waals surface area contributed by atoms with Crippen molar-refractivity contribution in [1.29, 1.82) is 0 Å². The number of amides is 1. The van der Waals surface area contributed by atoms with Crippen molar-refractivity contribution < 1.29 is 14.1 Å². The summed E-state index contributed by atoms with van der Waals surface area (Å²) in [5.41, 5.74) is -0.326. The third-order valence-corrected chi connectivity index (χ3v) is 3.71. The van der Waals surface area contributed by atoms with Crippen LogP contribution >= 0.6 is 0 Å². The van der Waals surface area contributed by atoms with Crippen molar-refractivity contribution in [3.63, 3.8) is 0 Å². The standard InChI is InChI=1S/C14H17FN2O3/c1-14(2)6-5-9(8-14)16-13(18)11-4-3-10(17(19)20)7-12(11)15/h3-4,7,9H,5-6,8H2,1-2H3,(H,16,18). The summed E-state index contributed by atoms with van der Waals surface area (Å²) in [6.45, 7) is 4.26. The van der Waals surface area contributed by atoms with Crippen molar-refractivity contribution in [3.05, 3.63) is 39.7 Å². The fourth-order valence-corrected chi connectivity index (χ4v) is 2.62. The van der Waals surface area contributed by atoms with Crippen LogP contribution in [-0.4, -0.2) is 16.9 Å². The Morgan fingerprint density at radius 3 is 2.70 bits per heavy atom. The Morgan fingerprint density at radius 1 is 1.50 bits per heavy atom. The molecule has 2 rings (SSSR count). The van der Waals surface area contributed by atoms with E-state index in [1.165, 1.54) is 0 Å². The van der Waals surface area contributed by atoms with Gasteiger partial charge in [-0.1, -0.05) is 13.8 Å². The van der Waals surface area contributed by atoms with E-state index >= 15 is 0 Å². The fourth-order valence-electron chi connectivity index (χ4n) is 2.62. The van der Waals surface area contributed by atoms with Gasteiger partial charge in [0.2, 0.25) is 0 Å². The monoisotopic (exact) mass is 280 g/mol. The number of halogens is 1. The molecule has 108 valence electrons. The molecule has 0 aliphatic heterocycles. The predicted molar refractivity (Wildman–Crippen MR) is 71.9 cm³/mol. The number of carbonyl (C=O) groups excluding carboxylic acids is 1. The molecule has 0 bridgehead atoms. The van der Waals surface area contributed by atoms with Gasteiger partial charge in [-0.3, -0.25) is 14.9 Å². The summed E-state index contributed by atoms with van der Waals surface area (Å²) in [6.07, 6.45) is 2.74. The molecule has 1 aromatic rings. The molecular weight excluding hydrogens is 263 g/mol. The van der Waals surface area contributed by atoms with E-state index in [2.05, 4.69) is 19.2 Å². The largest absolute Gasteiger partial charge is 0.349 e. The first kappa shape index (κ1) is 14.4. The van der Waals surface area contributed by atoms with Gasteiger partial charge in [0, 0.05) is 12.1 Å². The van der Waals surface area contributed by atoms with Crippen molar-refractivity contribution in [2.45, 2.75) is 39.2 Å². The SMILES string of the molecule is CC1(C)CCC(NC(=O)c2ccc([N+](=O)[O-])cc2F)C1. The van der Waals surface area contributed by atoms with Crippen molar-refractivity contribution in [2.75, 3.05) is 0 Å². The Hall–Kier alpha value is -1.98. The van der Waals surface area contributed by atoms with Gasteiger partial charge in [0.25, 0.3) is 11.6 Å². The van der Waals surface area contributed by atoms with Gasteiger partial charge in [-0.05, 0) is 30.7 Å². The third kappa shape index (κ3) is 3.12. The number of benzene rings is 1. The number of nitro groups is 1. The lowest BCUT2D eigenvalue weighted by Gasteiger charge is -2.18. The molecule has 6 heteroatoms. The lowest BCUT2D eigenvalue weighted by atomic mass is 9.92. The minimum Gasteiger partial charge on any atom is -0.349 e. The van der Waals surface area contributed by atoms with Crippen molar-refractivity contribution in [3.8, 4) is 0 Å². The van der Waals surface area contributed by atoms with Gasteiger partial charge in [-0.25, -0.2) is 4.39 Å². The maximum Gasteiger partial charge on any atom is 0.272 e. The molecule has 0 spiro atoms. The number of nitro benzene ring substituents is 1. The zero-order valence-electron chi connectivity index (χ0n) is 11.5. The predicted octanol–water partition coefficient (Wildman–Crippen LogP) is 3.04. The molecule has 5 nitrogen and oxygen atoms in total. The second-order valence-electron chi connectivity index (χ2n) is 6.00. The lowest BCUT2D eigenvalue weighted by molar-refractivity contribution is -0.385. The molecule has 20 heavy (non-hydrogen) atoms. The van der Waals surface area contributed by atoms with Gasteiger partial charge in [0.05, 0.1) is 16.6 Å². The van der Waals surface area contributed by atoms with Crippen molar-refractivity contribution >= 4 is 11.6 Å². The lowest BCUT2D eigenvalue weighted by Crippen LogP contribution is -2.34. The Morgan fingerprint density at radius 2 is 2.20 bits per heavy atom. The first-order valence-corrected chi connectivity index (χ1v) is 6.53. The summed E-state index contributed by atoms with van der Waals surface area (Å²) in [7, 11) is 0. The Kier molecular flexibility index (Phi) is 3.74. The zero-order valence-corrected chi connectivity index (χ0v) is 11.5. The van der Waals surface area contributed by atoms with Crippen LogP contribution in [-0.2, 0) is 0 Å². The van der Waals surface area contributed by atoms with Crippen LogP contribution in [0.15, 0.2) is 18.2 Å². The molecule has 1 aliphatic rings. The summed E-state index contributed by atoms with van der Waals surface area (Å²) < 4.78 is 13.7. The molecule has 0 radical (unpaired) electrons. The van der Waals surface area contributed by atoms with E-state index in [9.17, 15) is 19.3 Å². The van der Waals surface area contributed by atoms with Gasteiger partial charge in [0.15, 0.2) is 0 Å². The molecule has 0 aromatic heterocycles. The smallest absolute Gasteiger partial charge is 0.272 e. The second-order valence-corrected chi connectivity index (χ2v) is 6.00. The number of non-ortho nitro benzene ring substituents is 1. The van der Waals surface area contributed by atoms with Crippen molar-refractivity contribution in [1.82, 2.24) is 5.32 Å². The molecular formula is C14H17FN2O3. The van der Waals surface area contributed by atoms with Crippen LogP contribution in [0.1, 0.15) is 43.5 Å². The van der Waals surface area contributed by atoms with E-state index in [0.717, 1.165) is 37.5 Å². The summed E-state index contributed by atoms with van der Waals surface area (Å²) >= 11 is 0. The fraction of sp³-hybridized carbons (Fsp3) is 0.500. The topological polar surface area (TPSA) is 72.2 Å². The Balaban J connectivity index is 2.08. The number of carbonyl (C=O) groups is 1. The van der Waals surface area contributed by atoms with E-state index in [1.807, 2.05) is 0 Å². The minimum absolute atomic E-state index is 0.0343. The molecule has 0 heterocycles. The van der Waals surface area contributed by atoms with Gasteiger partial charge >= 0.3 is 0 Å². The maximum atomic E-state index is 13.7. The van der Waals surface area contributed by atoms with Crippen molar-refractivity contribution in [2.24, 2.45) is 5.41 Å². The highest BCUT2D eigenvalue weighted by Crippen LogP contribution is 2.37. The minimum atomic E-state index is -0.867. The van der Waals surface area contributed by atoms with Gasteiger partial charge < -0.3 is 5.32 Å². The van der Waals surface area contributed by atoms with Gasteiger partial charge in [-0.2, -0.15) is 0 Å². The number of rotatable bonds is 3. The molecule has 1 saturated carbocycles. The molecule has 1 atom stereocenters. The summed E-state index contributed by atoms with van der Waals surface area (Å²) in [5, 5.41) is 13.3. The van der Waals surface area contributed by atoms with E-state index in [4.69, 9.17) is 0 Å². The second kappa shape index (κ2) is 5.19. The Labute approximate surface area is 116 Å². The molecule has 1 N–H and O–H groups in total. The van der Waals surface area contributed by atoms with Crippen LogP contribution in [0.5, 0.6) is 0 Å². The number of hydrogen-bond acceptors (Lipinski definition) is 3. The quantitative estimate of drug-likeness (QED) is 0.683. The highest BCUT2D eigenvalue weighted by Gasteiger charge is 2.32. The zero-order chi connectivity index (χ0) is 14.9. The highest BCUT2D eigenvalue weighted by molar-refractivity contribution is 5.94. The third-order valence-electron chi connectivity index (χ3n) is 3.71. The van der Waals surface area contributed by atoms with Crippen LogP contribution in [0.4, 0.5) is 10.1 Å². The van der Waals surface area contributed by atoms with Crippen LogP contribution in [0, 0.1) is 21.3 Å². The molecule has 1 fully saturated rings. The summed E-state index contributed by atoms with van der Waals surface area (Å²) in [5.74, 6) is -1.38. The summed E-state index contributed by atoms with van der Waals surface area (Å²) in [6, 6.07) is 3.10. The number of nitrogens with one attached hydrogen (secondary N) is 1. The van der Waals surface area contributed by atoms with E-state index in [-0.39, 0.29) is 22.7 Å². The van der Waals surface area contributed by atoms with Gasteiger partial charge in [-0.15, -0.1) is 0 Å². The maximum absolute atomic E-state index is 13.7. The molecule has 1 aliphatic carbocycles. The summed E-state index contributed by atoms with van der Waals surface area (Å²) in [4.78, 5) is 21.8. The molecule has 1 aromatic carbocycles. The van der Waals surface area contributed by atoms with Crippen LogP contribution in [0.25, 0.3) is 0 Å². The molecule has 1 amide bonds.